The van der Waals surface area contributed by atoms with Crippen LogP contribution in [0, 0.1) is 0 Å². The first-order chi connectivity index (χ1) is 6.40. The molecule has 1 aromatic carbocycles. The van der Waals surface area contributed by atoms with Crippen LogP contribution in [-0.2, 0) is 0 Å². The topological polar surface area (TPSA) is 30.2 Å². The molecule has 0 atom stereocenters. The van der Waals surface area contributed by atoms with Gasteiger partial charge < -0.3 is 4.42 Å². The Morgan fingerprint density at radius 3 is 2.36 bits per heavy atom. The van der Waals surface area contributed by atoms with E-state index < -0.39 is 0 Å². The molecule has 72 valence electrons. The van der Waals surface area contributed by atoms with Gasteiger partial charge in [0.05, 0.1) is 6.26 Å². The lowest BCUT2D eigenvalue weighted by Crippen LogP contribution is -1.71. The van der Waals surface area contributed by atoms with E-state index in [4.69, 9.17) is 4.42 Å². The van der Waals surface area contributed by atoms with Crippen LogP contribution in [0.4, 0.5) is 0 Å². The van der Waals surface area contributed by atoms with E-state index in [9.17, 15) is 4.79 Å². The summed E-state index contributed by atoms with van der Waals surface area (Å²) in [6, 6.07) is 11.5. The highest BCUT2D eigenvalue weighted by molar-refractivity contribution is 5.75. The summed E-state index contributed by atoms with van der Waals surface area (Å²) in [5, 5.41) is 0. The van der Waals surface area contributed by atoms with Crippen molar-refractivity contribution in [2.75, 3.05) is 0 Å². The van der Waals surface area contributed by atoms with E-state index in [1.165, 1.54) is 0 Å². The van der Waals surface area contributed by atoms with Crippen molar-refractivity contribution in [2.45, 2.75) is 7.43 Å². The molecule has 2 heteroatoms. The number of carbonyl (C=O) groups excluding carboxylic acids is 1. The first kappa shape index (κ1) is 10.3. The average Bonchev–Trinajstić information content (AvgIpc) is 2.67. The van der Waals surface area contributed by atoms with Crippen molar-refractivity contribution in [3.05, 3.63) is 48.4 Å². The maximum absolute atomic E-state index is 10.4. The Morgan fingerprint density at radius 1 is 1.07 bits per heavy atom. The summed E-state index contributed by atoms with van der Waals surface area (Å²) >= 11 is 0. The molecule has 0 unspecified atom stereocenters. The highest BCUT2D eigenvalue weighted by atomic mass is 16.3. The summed E-state index contributed by atoms with van der Waals surface area (Å²) in [5.74, 6) is 0.360. The van der Waals surface area contributed by atoms with Crippen LogP contribution >= 0.6 is 0 Å². The third-order valence-electron chi connectivity index (χ3n) is 1.84. The van der Waals surface area contributed by atoms with E-state index in [2.05, 4.69) is 0 Å². The molecule has 0 aliphatic rings. The molecule has 0 spiro atoms. The molecule has 0 fully saturated rings. The van der Waals surface area contributed by atoms with Gasteiger partial charge in [-0.3, -0.25) is 4.79 Å². The van der Waals surface area contributed by atoms with Gasteiger partial charge in [0.15, 0.2) is 12.0 Å². The summed E-state index contributed by atoms with van der Waals surface area (Å²) in [7, 11) is 0. The molecule has 0 saturated carbocycles. The summed E-state index contributed by atoms with van der Waals surface area (Å²) in [4.78, 5) is 10.4. The average molecular weight is 188 g/mol. The number of aldehydes is 1. The van der Waals surface area contributed by atoms with Gasteiger partial charge in [-0.2, -0.15) is 0 Å². The van der Waals surface area contributed by atoms with Crippen LogP contribution in [0.3, 0.4) is 0 Å². The van der Waals surface area contributed by atoms with Crippen molar-refractivity contribution in [3.63, 3.8) is 0 Å². The molecule has 0 saturated heterocycles. The first-order valence-electron chi connectivity index (χ1n) is 3.99. The predicted octanol–water partition coefficient (Wildman–Crippen LogP) is 3.40. The van der Waals surface area contributed by atoms with Crippen molar-refractivity contribution in [1.82, 2.24) is 0 Å². The number of rotatable bonds is 2. The van der Waals surface area contributed by atoms with Crippen molar-refractivity contribution in [2.24, 2.45) is 0 Å². The predicted molar refractivity (Wildman–Crippen MR) is 56.3 cm³/mol. The molecule has 0 amide bonds. The van der Waals surface area contributed by atoms with Crippen LogP contribution in [0.5, 0.6) is 0 Å². The van der Waals surface area contributed by atoms with Crippen LogP contribution < -0.4 is 0 Å². The van der Waals surface area contributed by atoms with E-state index in [0.29, 0.717) is 12.0 Å². The van der Waals surface area contributed by atoms with E-state index in [1.807, 2.05) is 30.3 Å². The minimum atomic E-state index is 0. The van der Waals surface area contributed by atoms with Crippen molar-refractivity contribution in [1.29, 1.82) is 0 Å². The van der Waals surface area contributed by atoms with Crippen LogP contribution in [0.2, 0.25) is 0 Å². The molecule has 2 nitrogen and oxygen atoms in total. The number of carbonyl (C=O) groups is 1. The van der Waals surface area contributed by atoms with Gasteiger partial charge in [0.25, 0.3) is 0 Å². The Bertz CT molecular complexity index is 401. The van der Waals surface area contributed by atoms with Gasteiger partial charge in [0, 0.05) is 5.56 Å². The van der Waals surface area contributed by atoms with Crippen LogP contribution in [0.25, 0.3) is 11.1 Å². The molecule has 2 rings (SSSR count). The summed E-state index contributed by atoms with van der Waals surface area (Å²) in [6.07, 6.45) is 2.28. The zero-order valence-electron chi connectivity index (χ0n) is 6.94. The largest absolute Gasteiger partial charge is 0.461 e. The smallest absolute Gasteiger partial charge is 0.185 e. The summed E-state index contributed by atoms with van der Waals surface area (Å²) in [6.45, 7) is 0. The second kappa shape index (κ2) is 4.42. The van der Waals surface area contributed by atoms with Crippen LogP contribution in [-0.4, -0.2) is 6.29 Å². The minimum absolute atomic E-state index is 0. The minimum Gasteiger partial charge on any atom is -0.461 e. The highest BCUT2D eigenvalue weighted by Crippen LogP contribution is 2.20. The molecular formula is C12H12O2. The summed E-state index contributed by atoms with van der Waals surface area (Å²) in [5.41, 5.74) is 1.99. The highest BCUT2D eigenvalue weighted by Gasteiger charge is 2.01. The van der Waals surface area contributed by atoms with Gasteiger partial charge in [0.1, 0.15) is 0 Å². The van der Waals surface area contributed by atoms with Gasteiger partial charge >= 0.3 is 0 Å². The fraction of sp³-hybridized carbons (Fsp3) is 0.0833. The monoisotopic (exact) mass is 188 g/mol. The lowest BCUT2D eigenvalue weighted by Gasteiger charge is -1.92. The van der Waals surface area contributed by atoms with Gasteiger partial charge in [-0.25, -0.2) is 0 Å². The fourth-order valence-corrected chi connectivity index (χ4v) is 1.20. The third-order valence-corrected chi connectivity index (χ3v) is 1.84. The number of hydrogen-bond acceptors (Lipinski definition) is 2. The van der Waals surface area contributed by atoms with E-state index in [-0.39, 0.29) is 7.43 Å². The Hall–Kier alpha value is -1.83. The Labute approximate surface area is 83.2 Å². The molecule has 0 bridgehead atoms. The molecule has 0 N–H and O–H groups in total. The lowest BCUT2D eigenvalue weighted by atomic mass is 10.1. The van der Waals surface area contributed by atoms with Crippen molar-refractivity contribution < 1.29 is 9.21 Å². The first-order valence-corrected chi connectivity index (χ1v) is 3.99. The number of hydrogen-bond donors (Lipinski definition) is 0. The van der Waals surface area contributed by atoms with Crippen LogP contribution in [0.1, 0.15) is 18.0 Å². The maximum Gasteiger partial charge on any atom is 0.185 e. The number of benzene rings is 1. The normalized spacial score (nSPS) is 9.14. The standard InChI is InChI=1S/C11H8O2.CH4/c12-7-11-6-10(8-13-11)9-4-2-1-3-5-9;/h1-8H;1H4. The van der Waals surface area contributed by atoms with E-state index >= 15 is 0 Å². The van der Waals surface area contributed by atoms with Gasteiger partial charge in [-0.1, -0.05) is 37.8 Å². The second-order valence-electron chi connectivity index (χ2n) is 2.72. The molecular weight excluding hydrogens is 176 g/mol. The van der Waals surface area contributed by atoms with Crippen LogP contribution in [0.15, 0.2) is 47.1 Å². The zero-order valence-corrected chi connectivity index (χ0v) is 6.94. The van der Waals surface area contributed by atoms with E-state index in [1.54, 1.807) is 12.3 Å². The van der Waals surface area contributed by atoms with Gasteiger partial charge in [-0.15, -0.1) is 0 Å². The van der Waals surface area contributed by atoms with E-state index in [0.717, 1.165) is 11.1 Å². The molecule has 2 aromatic rings. The van der Waals surface area contributed by atoms with Crippen molar-refractivity contribution >= 4 is 6.29 Å². The summed E-state index contributed by atoms with van der Waals surface area (Å²) < 4.78 is 5.00. The SMILES string of the molecule is C.O=Cc1cc(-c2ccccc2)co1. The molecule has 0 aliphatic heterocycles. The van der Waals surface area contributed by atoms with Gasteiger partial charge in [-0.05, 0) is 11.6 Å². The van der Waals surface area contributed by atoms with Gasteiger partial charge in [0.2, 0.25) is 0 Å². The second-order valence-corrected chi connectivity index (χ2v) is 2.72. The quantitative estimate of drug-likeness (QED) is 0.676. The lowest BCUT2D eigenvalue weighted by molar-refractivity contribution is 0.110. The number of furan rings is 1. The Balaban J connectivity index is 0.000000980. The molecule has 14 heavy (non-hydrogen) atoms. The molecule has 0 aliphatic carbocycles. The molecule has 1 aromatic heterocycles. The Kier molecular flexibility index (Phi) is 3.24. The van der Waals surface area contributed by atoms with Crippen molar-refractivity contribution in [3.8, 4) is 11.1 Å². The molecule has 0 radical (unpaired) electrons. The third kappa shape index (κ3) is 1.91. The zero-order chi connectivity index (χ0) is 9.10. The fourth-order valence-electron chi connectivity index (χ4n) is 1.20. The molecule has 1 heterocycles. The Morgan fingerprint density at radius 2 is 1.79 bits per heavy atom. The maximum atomic E-state index is 10.4.